The Kier molecular flexibility index (Phi) is 7.86. The number of rotatable bonds is 6. The van der Waals surface area contributed by atoms with Gasteiger partial charge in [-0.3, -0.25) is 9.69 Å². The van der Waals surface area contributed by atoms with Gasteiger partial charge in [0.2, 0.25) is 0 Å². The summed E-state index contributed by atoms with van der Waals surface area (Å²) in [4.78, 5) is 17.4. The monoisotopic (exact) mass is 482 g/mol. The summed E-state index contributed by atoms with van der Waals surface area (Å²) in [6, 6.07) is 11.4. The maximum absolute atomic E-state index is 12.7. The van der Waals surface area contributed by atoms with E-state index in [1.807, 2.05) is 12.1 Å². The van der Waals surface area contributed by atoms with Gasteiger partial charge in [-0.1, -0.05) is 18.5 Å². The highest BCUT2D eigenvalue weighted by Gasteiger charge is 2.26. The van der Waals surface area contributed by atoms with E-state index in [1.165, 1.54) is 0 Å². The van der Waals surface area contributed by atoms with Gasteiger partial charge in [-0.2, -0.15) is 5.26 Å². The number of amides is 1. The minimum Gasteiger partial charge on any atom is -0.490 e. The summed E-state index contributed by atoms with van der Waals surface area (Å²) in [5.41, 5.74) is 0.778. The van der Waals surface area contributed by atoms with Crippen molar-refractivity contribution >= 4 is 23.3 Å². The van der Waals surface area contributed by atoms with Gasteiger partial charge in [0, 0.05) is 37.8 Å². The van der Waals surface area contributed by atoms with Gasteiger partial charge in [0.25, 0.3) is 5.91 Å². The summed E-state index contributed by atoms with van der Waals surface area (Å²) in [5, 5.41) is 21.0. The molecule has 1 aliphatic carbocycles. The molecule has 2 aromatic rings. The minimum atomic E-state index is -0.188. The zero-order valence-electron chi connectivity index (χ0n) is 19.7. The van der Waals surface area contributed by atoms with Crippen molar-refractivity contribution in [1.29, 1.82) is 5.26 Å². The molecule has 1 aromatic heterocycles. The van der Waals surface area contributed by atoms with Crippen LogP contribution >= 0.6 is 11.6 Å². The van der Waals surface area contributed by atoms with Gasteiger partial charge in [0.1, 0.15) is 11.8 Å². The van der Waals surface area contributed by atoms with Crippen molar-refractivity contribution in [2.45, 2.75) is 57.7 Å². The van der Waals surface area contributed by atoms with Crippen LogP contribution in [-0.4, -0.2) is 65.4 Å². The largest absolute Gasteiger partial charge is 0.490 e. The first-order chi connectivity index (χ1) is 16.5. The molecule has 8 nitrogen and oxygen atoms in total. The van der Waals surface area contributed by atoms with Crippen LogP contribution in [0.4, 0.5) is 5.82 Å². The number of ether oxygens (including phenoxy) is 1. The van der Waals surface area contributed by atoms with Crippen LogP contribution in [0.3, 0.4) is 0 Å². The van der Waals surface area contributed by atoms with E-state index in [9.17, 15) is 4.79 Å². The highest BCUT2D eigenvalue weighted by molar-refractivity contribution is 6.31. The fourth-order valence-corrected chi connectivity index (χ4v) is 4.94. The van der Waals surface area contributed by atoms with Crippen LogP contribution < -0.4 is 15.0 Å². The van der Waals surface area contributed by atoms with Crippen molar-refractivity contribution in [3.05, 3.63) is 46.6 Å². The Morgan fingerprint density at radius 1 is 1.21 bits per heavy atom. The predicted octanol–water partition coefficient (Wildman–Crippen LogP) is 3.65. The molecule has 34 heavy (non-hydrogen) atoms. The summed E-state index contributed by atoms with van der Waals surface area (Å²) in [6.07, 6.45) is 3.37. The van der Waals surface area contributed by atoms with E-state index < -0.39 is 0 Å². The standard InChI is InChI=1S/C25H31ClN6O2/c1-3-31-12-13-32(16-17(31)2)24-11-10-23(29-30-24)25(33)28-19-5-8-20(9-6-19)34-21-7-4-18(15-27)22(26)14-21/h4,7,10-11,14,17,19-20H,3,5-6,8-9,12-13,16H2,1-2H3,(H,28,33)/t17-,19?,20?/m1/s1. The van der Waals surface area contributed by atoms with E-state index in [4.69, 9.17) is 21.6 Å². The minimum absolute atomic E-state index is 0.0618. The quantitative estimate of drug-likeness (QED) is 0.671. The number of likely N-dealkylation sites (N-methyl/N-ethyl adjacent to an activating group) is 1. The number of nitrogens with one attached hydrogen (secondary N) is 1. The molecule has 1 aromatic carbocycles. The number of nitriles is 1. The molecule has 1 aliphatic heterocycles. The number of benzene rings is 1. The number of anilines is 1. The van der Waals surface area contributed by atoms with E-state index in [0.717, 1.165) is 57.7 Å². The van der Waals surface area contributed by atoms with Crippen molar-refractivity contribution in [2.75, 3.05) is 31.1 Å². The molecule has 1 saturated carbocycles. The molecule has 1 amide bonds. The number of nitrogens with zero attached hydrogens (tertiary/aromatic N) is 5. The van der Waals surface area contributed by atoms with Crippen LogP contribution in [0, 0.1) is 11.3 Å². The van der Waals surface area contributed by atoms with Crippen LogP contribution in [-0.2, 0) is 0 Å². The maximum atomic E-state index is 12.7. The first-order valence-electron chi connectivity index (χ1n) is 12.0. The highest BCUT2D eigenvalue weighted by atomic mass is 35.5. The van der Waals surface area contributed by atoms with Gasteiger partial charge in [-0.25, -0.2) is 0 Å². The Morgan fingerprint density at radius 3 is 2.62 bits per heavy atom. The predicted molar refractivity (Wildman–Crippen MR) is 131 cm³/mol. The number of piperazine rings is 1. The summed E-state index contributed by atoms with van der Waals surface area (Å²) in [6.45, 7) is 8.30. The van der Waals surface area contributed by atoms with Gasteiger partial charge >= 0.3 is 0 Å². The highest BCUT2D eigenvalue weighted by Crippen LogP contribution is 2.27. The lowest BCUT2D eigenvalue weighted by atomic mass is 9.93. The van der Waals surface area contributed by atoms with Crippen molar-refractivity contribution in [3.63, 3.8) is 0 Å². The Labute approximate surface area is 205 Å². The second-order valence-electron chi connectivity index (χ2n) is 9.02. The van der Waals surface area contributed by atoms with Crippen LogP contribution in [0.25, 0.3) is 0 Å². The number of carbonyl (C=O) groups excluding carboxylic acids is 1. The lowest BCUT2D eigenvalue weighted by Crippen LogP contribution is -2.52. The first kappa shape index (κ1) is 24.2. The van der Waals surface area contributed by atoms with Crippen molar-refractivity contribution < 1.29 is 9.53 Å². The molecule has 1 N–H and O–H groups in total. The number of halogens is 1. The molecular formula is C25H31ClN6O2. The van der Waals surface area contributed by atoms with Crippen LogP contribution in [0.1, 0.15) is 55.6 Å². The second kappa shape index (κ2) is 11.0. The average Bonchev–Trinajstić information content (AvgIpc) is 2.85. The summed E-state index contributed by atoms with van der Waals surface area (Å²) in [7, 11) is 0. The molecular weight excluding hydrogens is 452 g/mol. The normalized spacial score (nSPS) is 23.2. The van der Waals surface area contributed by atoms with Crippen molar-refractivity contribution in [1.82, 2.24) is 20.4 Å². The lowest BCUT2D eigenvalue weighted by molar-refractivity contribution is 0.0888. The Hall–Kier alpha value is -2.89. The molecule has 4 rings (SSSR count). The smallest absolute Gasteiger partial charge is 0.272 e. The Balaban J connectivity index is 1.25. The molecule has 9 heteroatoms. The molecule has 0 spiro atoms. The zero-order chi connectivity index (χ0) is 24.1. The molecule has 0 bridgehead atoms. The fraction of sp³-hybridized carbons (Fsp3) is 0.520. The van der Waals surface area contributed by atoms with Gasteiger partial charge in [-0.15, -0.1) is 10.2 Å². The third kappa shape index (κ3) is 5.78. The average molecular weight is 483 g/mol. The number of carbonyl (C=O) groups is 1. The summed E-state index contributed by atoms with van der Waals surface area (Å²) < 4.78 is 6.03. The van der Waals surface area contributed by atoms with Crippen LogP contribution in [0.15, 0.2) is 30.3 Å². The van der Waals surface area contributed by atoms with Crippen molar-refractivity contribution in [2.24, 2.45) is 0 Å². The van der Waals surface area contributed by atoms with E-state index >= 15 is 0 Å². The number of aromatic nitrogens is 2. The lowest BCUT2D eigenvalue weighted by Gasteiger charge is -2.39. The second-order valence-corrected chi connectivity index (χ2v) is 9.43. The van der Waals surface area contributed by atoms with Crippen LogP contribution in [0.2, 0.25) is 5.02 Å². The van der Waals surface area contributed by atoms with Gasteiger partial charge in [-0.05, 0) is 63.4 Å². The van der Waals surface area contributed by atoms with E-state index in [0.29, 0.717) is 28.1 Å². The number of hydrogen-bond donors (Lipinski definition) is 1. The summed E-state index contributed by atoms with van der Waals surface area (Å²) in [5.74, 6) is 1.29. The van der Waals surface area contributed by atoms with Crippen molar-refractivity contribution in [3.8, 4) is 11.8 Å². The molecule has 1 atom stereocenters. The number of hydrogen-bond acceptors (Lipinski definition) is 7. The summed E-state index contributed by atoms with van der Waals surface area (Å²) >= 11 is 6.09. The molecule has 0 unspecified atom stereocenters. The van der Waals surface area contributed by atoms with Gasteiger partial charge < -0.3 is 15.0 Å². The Bertz CT molecular complexity index is 1030. The van der Waals surface area contributed by atoms with Gasteiger partial charge in [0.05, 0.1) is 16.7 Å². The molecule has 1 saturated heterocycles. The molecule has 2 fully saturated rings. The third-order valence-electron chi connectivity index (χ3n) is 6.75. The zero-order valence-corrected chi connectivity index (χ0v) is 20.5. The van der Waals surface area contributed by atoms with E-state index in [-0.39, 0.29) is 18.1 Å². The molecule has 2 heterocycles. The van der Waals surface area contributed by atoms with E-state index in [2.05, 4.69) is 39.2 Å². The maximum Gasteiger partial charge on any atom is 0.272 e. The van der Waals surface area contributed by atoms with E-state index in [1.54, 1.807) is 24.3 Å². The third-order valence-corrected chi connectivity index (χ3v) is 7.06. The SMILES string of the molecule is CCN1CCN(c2ccc(C(=O)NC3CCC(Oc4ccc(C#N)c(Cl)c4)CC3)nn2)C[C@H]1C. The molecule has 0 radical (unpaired) electrons. The Morgan fingerprint density at radius 2 is 2.00 bits per heavy atom. The molecule has 2 aliphatic rings. The van der Waals surface area contributed by atoms with Crippen LogP contribution in [0.5, 0.6) is 5.75 Å². The molecule has 180 valence electrons. The first-order valence-corrected chi connectivity index (χ1v) is 12.3. The van der Waals surface area contributed by atoms with Gasteiger partial charge in [0.15, 0.2) is 11.5 Å². The topological polar surface area (TPSA) is 94.4 Å². The fourth-order valence-electron chi connectivity index (χ4n) is 4.72.